The van der Waals surface area contributed by atoms with Crippen molar-refractivity contribution >= 4 is 44.9 Å². The fraction of sp³-hybridized carbons (Fsp3) is 0.0263. The fourth-order valence-corrected chi connectivity index (χ4v) is 7.98. The van der Waals surface area contributed by atoms with Crippen molar-refractivity contribution in [3.63, 3.8) is 0 Å². The van der Waals surface area contributed by atoms with Crippen LogP contribution in [0.1, 0.15) is 27.8 Å². The van der Waals surface area contributed by atoms with Crippen LogP contribution < -0.4 is 16.4 Å². The number of hydrogen-bond donors (Lipinski definition) is 0. The van der Waals surface area contributed by atoms with Crippen LogP contribution in [-0.2, 0) is 5.41 Å². The molecule has 1 aromatic heterocycles. The number of nitrogens with zero attached hydrogens (tertiary/aromatic N) is 2. The third-order valence-electron chi connectivity index (χ3n) is 9.37. The highest BCUT2D eigenvalue weighted by Crippen LogP contribution is 2.48. The molecule has 0 fully saturated rings. The van der Waals surface area contributed by atoms with Crippen molar-refractivity contribution < 1.29 is 0 Å². The first-order chi connectivity index (χ1) is 20.3. The van der Waals surface area contributed by atoms with Crippen molar-refractivity contribution in [1.82, 2.24) is 4.57 Å². The molecule has 188 valence electrons. The molecular formula is C38H23BN2. The van der Waals surface area contributed by atoms with Crippen LogP contribution in [0.5, 0.6) is 0 Å². The lowest BCUT2D eigenvalue weighted by Gasteiger charge is -2.46. The minimum absolute atomic E-state index is 0.0190. The van der Waals surface area contributed by atoms with Gasteiger partial charge in [0.25, 0.3) is 0 Å². The summed E-state index contributed by atoms with van der Waals surface area (Å²) >= 11 is 0. The number of aromatic nitrogens is 1. The molecule has 0 aliphatic carbocycles. The van der Waals surface area contributed by atoms with E-state index in [-0.39, 0.29) is 6.71 Å². The molecule has 0 unspecified atom stereocenters. The van der Waals surface area contributed by atoms with Crippen LogP contribution in [0.15, 0.2) is 140 Å². The number of para-hydroxylation sites is 2. The molecule has 9 rings (SSSR count). The minimum atomic E-state index is -0.652. The van der Waals surface area contributed by atoms with E-state index in [0.29, 0.717) is 0 Å². The van der Waals surface area contributed by atoms with Gasteiger partial charge in [-0.3, -0.25) is 0 Å². The van der Waals surface area contributed by atoms with Gasteiger partial charge in [-0.15, -0.1) is 0 Å². The molecule has 0 amide bonds. The first kappa shape index (κ1) is 22.5. The maximum absolute atomic E-state index is 10.6. The summed E-state index contributed by atoms with van der Waals surface area (Å²) in [6.07, 6.45) is 0. The van der Waals surface area contributed by atoms with Gasteiger partial charge < -0.3 is 4.57 Å². The number of rotatable bonds is 2. The van der Waals surface area contributed by atoms with Gasteiger partial charge in [0.2, 0.25) is 6.71 Å². The van der Waals surface area contributed by atoms with Gasteiger partial charge in [-0.2, -0.15) is 5.26 Å². The summed E-state index contributed by atoms with van der Waals surface area (Å²) in [6.45, 7) is 0.0190. The van der Waals surface area contributed by atoms with E-state index in [1.165, 1.54) is 60.6 Å². The molecular weight excluding hydrogens is 495 g/mol. The van der Waals surface area contributed by atoms with Gasteiger partial charge in [-0.1, -0.05) is 127 Å². The first-order valence-corrected chi connectivity index (χ1v) is 14.1. The molecule has 0 spiro atoms. The molecule has 0 bridgehead atoms. The maximum Gasteiger partial charge on any atom is 0.247 e. The lowest BCUT2D eigenvalue weighted by atomic mass is 9.29. The zero-order chi connectivity index (χ0) is 27.1. The Labute approximate surface area is 238 Å². The third-order valence-corrected chi connectivity index (χ3v) is 9.37. The molecule has 3 heteroatoms. The summed E-state index contributed by atoms with van der Waals surface area (Å²) < 4.78 is 2.48. The Bertz CT molecular complexity index is 2180. The van der Waals surface area contributed by atoms with Crippen molar-refractivity contribution in [2.45, 2.75) is 5.41 Å². The van der Waals surface area contributed by atoms with Crippen LogP contribution in [0.4, 0.5) is 0 Å². The van der Waals surface area contributed by atoms with E-state index < -0.39 is 5.41 Å². The Morgan fingerprint density at radius 1 is 0.585 bits per heavy atom. The molecule has 6 aromatic carbocycles. The van der Waals surface area contributed by atoms with Crippen LogP contribution in [0.3, 0.4) is 0 Å². The van der Waals surface area contributed by atoms with Crippen LogP contribution in [0, 0.1) is 11.3 Å². The first-order valence-electron chi connectivity index (χ1n) is 14.1. The largest absolute Gasteiger partial charge is 0.310 e. The number of fused-ring (bicyclic) bond motifs is 7. The molecule has 7 aromatic rings. The van der Waals surface area contributed by atoms with Crippen molar-refractivity contribution in [1.29, 1.82) is 5.26 Å². The summed E-state index contributed by atoms with van der Waals surface area (Å²) in [5.74, 6) is 0. The second-order valence-electron chi connectivity index (χ2n) is 11.1. The lowest BCUT2D eigenvalue weighted by Crippen LogP contribution is -2.64. The zero-order valence-corrected chi connectivity index (χ0v) is 22.3. The Morgan fingerprint density at radius 3 is 1.98 bits per heavy atom. The Hall–Kier alpha value is -5.33. The topological polar surface area (TPSA) is 28.7 Å². The molecule has 0 radical (unpaired) electrons. The molecule has 2 aliphatic heterocycles. The van der Waals surface area contributed by atoms with Crippen molar-refractivity contribution in [3.05, 3.63) is 167 Å². The highest BCUT2D eigenvalue weighted by molar-refractivity contribution is 6.99. The summed E-state index contributed by atoms with van der Waals surface area (Å²) in [7, 11) is 0. The van der Waals surface area contributed by atoms with Gasteiger partial charge in [-0.05, 0) is 51.4 Å². The Balaban J connectivity index is 1.56. The average molecular weight is 518 g/mol. The maximum atomic E-state index is 10.6. The minimum Gasteiger partial charge on any atom is -0.310 e. The Kier molecular flexibility index (Phi) is 4.44. The highest BCUT2D eigenvalue weighted by Gasteiger charge is 2.51. The second kappa shape index (κ2) is 8.10. The molecule has 0 saturated carbocycles. The normalized spacial score (nSPS) is 14.0. The number of benzene rings is 6. The molecule has 0 atom stereocenters. The third kappa shape index (κ3) is 2.67. The lowest BCUT2D eigenvalue weighted by molar-refractivity contribution is 0.747. The van der Waals surface area contributed by atoms with Gasteiger partial charge in [0.15, 0.2) is 0 Å². The van der Waals surface area contributed by atoms with Gasteiger partial charge in [0, 0.05) is 22.0 Å². The van der Waals surface area contributed by atoms with E-state index in [0.717, 1.165) is 11.1 Å². The van der Waals surface area contributed by atoms with Crippen molar-refractivity contribution in [2.24, 2.45) is 0 Å². The molecule has 2 aliphatic rings. The average Bonchev–Trinajstić information content (AvgIpc) is 3.39. The van der Waals surface area contributed by atoms with Crippen molar-refractivity contribution in [2.75, 3.05) is 0 Å². The van der Waals surface area contributed by atoms with E-state index >= 15 is 0 Å². The van der Waals surface area contributed by atoms with Gasteiger partial charge >= 0.3 is 0 Å². The van der Waals surface area contributed by atoms with Crippen LogP contribution in [0.2, 0.25) is 0 Å². The zero-order valence-electron chi connectivity index (χ0n) is 22.3. The summed E-state index contributed by atoms with van der Waals surface area (Å²) in [5.41, 5.74) is 12.3. The van der Waals surface area contributed by atoms with Crippen LogP contribution in [-0.4, -0.2) is 11.3 Å². The van der Waals surface area contributed by atoms with Crippen LogP contribution in [0.25, 0.3) is 27.5 Å². The van der Waals surface area contributed by atoms with E-state index in [4.69, 9.17) is 0 Å². The molecule has 0 saturated heterocycles. The van der Waals surface area contributed by atoms with E-state index in [2.05, 4.69) is 144 Å². The fourth-order valence-electron chi connectivity index (χ4n) is 7.98. The monoisotopic (exact) mass is 518 g/mol. The van der Waals surface area contributed by atoms with Gasteiger partial charge in [-0.25, -0.2) is 0 Å². The number of hydrogen-bond acceptors (Lipinski definition) is 1. The predicted octanol–water partition coefficient (Wildman–Crippen LogP) is 6.18. The predicted molar refractivity (Wildman–Crippen MR) is 168 cm³/mol. The van der Waals surface area contributed by atoms with Gasteiger partial charge in [0.05, 0.1) is 22.6 Å². The molecule has 41 heavy (non-hydrogen) atoms. The van der Waals surface area contributed by atoms with E-state index in [1.54, 1.807) is 0 Å². The summed E-state index contributed by atoms with van der Waals surface area (Å²) in [4.78, 5) is 0. The smallest absolute Gasteiger partial charge is 0.247 e. The van der Waals surface area contributed by atoms with E-state index in [9.17, 15) is 5.26 Å². The van der Waals surface area contributed by atoms with Gasteiger partial charge in [0.1, 0.15) is 0 Å². The molecule has 0 N–H and O–H groups in total. The van der Waals surface area contributed by atoms with E-state index in [1.807, 2.05) is 6.07 Å². The van der Waals surface area contributed by atoms with Crippen molar-refractivity contribution in [3.8, 4) is 11.8 Å². The molecule has 2 nitrogen and oxygen atoms in total. The quantitative estimate of drug-likeness (QED) is 0.251. The molecule has 3 heterocycles. The van der Waals surface area contributed by atoms with Crippen LogP contribution >= 0.6 is 0 Å². The Morgan fingerprint density at radius 2 is 1.22 bits per heavy atom. The highest BCUT2D eigenvalue weighted by atomic mass is 15.0. The number of nitriles is 1. The second-order valence-corrected chi connectivity index (χ2v) is 11.1. The summed E-state index contributed by atoms with van der Waals surface area (Å²) in [5, 5.41) is 13.2. The standard InChI is InChI=1S/C38H23BN2/c40-24-25-12-9-20-31-35(25)38(26-13-3-1-4-14-26,27-15-5-2-6-16-27)30-19-11-23-34-36(30)39(31)32-21-10-18-29-28-17-7-8-22-33(28)41(34)37(29)32/h1-23H. The SMILES string of the molecule is N#Cc1cccc2c1C(c1ccccc1)(c1ccccc1)c1cccc3c1B2c1cccc2c4ccccc4n-3c12. The summed E-state index contributed by atoms with van der Waals surface area (Å²) in [6, 6.07) is 52.8.